The van der Waals surface area contributed by atoms with Crippen LogP contribution in [0.2, 0.25) is 5.02 Å². The quantitative estimate of drug-likeness (QED) is 0.836. The van der Waals surface area contributed by atoms with E-state index in [0.29, 0.717) is 22.8 Å². The van der Waals surface area contributed by atoms with Gasteiger partial charge in [-0.05, 0) is 29.6 Å². The second-order valence-corrected chi connectivity index (χ2v) is 4.85. The van der Waals surface area contributed by atoms with Crippen molar-refractivity contribution in [2.45, 2.75) is 0 Å². The van der Waals surface area contributed by atoms with Crippen LogP contribution in [0, 0.1) is 11.8 Å². The number of nitrogens with one attached hydrogen (secondary N) is 1. The van der Waals surface area contributed by atoms with Crippen molar-refractivity contribution in [3.8, 4) is 11.8 Å². The fraction of sp³-hybridized carbons (Fsp3) is 0.0714. The van der Waals surface area contributed by atoms with Crippen molar-refractivity contribution in [2.75, 3.05) is 11.9 Å². The van der Waals surface area contributed by atoms with Crippen molar-refractivity contribution in [3.05, 3.63) is 51.2 Å². The van der Waals surface area contributed by atoms with Gasteiger partial charge in [0.05, 0.1) is 22.8 Å². The van der Waals surface area contributed by atoms with E-state index in [2.05, 4.69) is 17.2 Å². The molecule has 0 spiro atoms. The summed E-state index contributed by atoms with van der Waals surface area (Å²) in [6.07, 6.45) is 0. The van der Waals surface area contributed by atoms with Gasteiger partial charge in [-0.1, -0.05) is 23.4 Å². The van der Waals surface area contributed by atoms with Gasteiger partial charge < -0.3 is 11.1 Å². The number of hydrogen-bond acceptors (Lipinski definition) is 3. The molecular formula is C14H11ClN2OS. The molecule has 1 aromatic carbocycles. The average Bonchev–Trinajstić information content (AvgIpc) is 2.93. The summed E-state index contributed by atoms with van der Waals surface area (Å²) in [5, 5.41) is 6.87. The number of amides is 1. The van der Waals surface area contributed by atoms with Crippen LogP contribution in [0.4, 0.5) is 5.69 Å². The predicted molar refractivity (Wildman–Crippen MR) is 79.7 cm³/mol. The Labute approximate surface area is 120 Å². The molecule has 19 heavy (non-hydrogen) atoms. The number of thiophene rings is 1. The third-order valence-corrected chi connectivity index (χ3v) is 3.35. The van der Waals surface area contributed by atoms with Crippen molar-refractivity contribution >= 4 is 34.5 Å². The highest BCUT2D eigenvalue weighted by atomic mass is 35.5. The number of carbonyl (C=O) groups excluding carboxylic acids is 1. The summed E-state index contributed by atoms with van der Waals surface area (Å²) in [5.41, 5.74) is 7.23. The maximum Gasteiger partial charge on any atom is 0.256 e. The monoisotopic (exact) mass is 290 g/mol. The molecule has 2 rings (SSSR count). The van der Waals surface area contributed by atoms with Gasteiger partial charge in [-0.25, -0.2) is 0 Å². The number of anilines is 1. The zero-order valence-electron chi connectivity index (χ0n) is 9.94. The van der Waals surface area contributed by atoms with E-state index in [9.17, 15) is 4.79 Å². The molecule has 0 fully saturated rings. The molecule has 3 N–H and O–H groups in total. The van der Waals surface area contributed by atoms with E-state index in [1.54, 1.807) is 29.6 Å². The topological polar surface area (TPSA) is 55.1 Å². The number of benzene rings is 1. The van der Waals surface area contributed by atoms with E-state index in [4.69, 9.17) is 17.3 Å². The fourth-order valence-corrected chi connectivity index (χ4v) is 2.24. The molecule has 3 nitrogen and oxygen atoms in total. The number of rotatable bonds is 2. The van der Waals surface area contributed by atoms with E-state index in [1.807, 2.05) is 5.38 Å². The third kappa shape index (κ3) is 3.58. The summed E-state index contributed by atoms with van der Waals surface area (Å²) in [7, 11) is 0. The average molecular weight is 291 g/mol. The van der Waals surface area contributed by atoms with E-state index in [0.717, 1.165) is 5.56 Å². The summed E-state index contributed by atoms with van der Waals surface area (Å²) in [4.78, 5) is 11.9. The van der Waals surface area contributed by atoms with Gasteiger partial charge in [0.1, 0.15) is 0 Å². The zero-order valence-corrected chi connectivity index (χ0v) is 11.5. The molecule has 0 atom stereocenters. The number of hydrogen-bond donors (Lipinski definition) is 2. The third-order valence-electron chi connectivity index (χ3n) is 2.33. The van der Waals surface area contributed by atoms with Crippen LogP contribution >= 0.6 is 22.9 Å². The Bertz CT molecular complexity index is 641. The van der Waals surface area contributed by atoms with Crippen LogP contribution in [0.3, 0.4) is 0 Å². The van der Waals surface area contributed by atoms with Crippen LogP contribution in [0.1, 0.15) is 15.9 Å². The first-order valence-corrected chi connectivity index (χ1v) is 6.85. The molecular weight excluding hydrogens is 280 g/mol. The first-order valence-electron chi connectivity index (χ1n) is 5.53. The molecule has 96 valence electrons. The Hall–Kier alpha value is -1.80. The molecule has 0 saturated heterocycles. The van der Waals surface area contributed by atoms with E-state index < -0.39 is 0 Å². The minimum atomic E-state index is -0.188. The van der Waals surface area contributed by atoms with Gasteiger partial charge in [0.25, 0.3) is 5.91 Å². The molecule has 0 radical (unpaired) electrons. The molecule has 0 aliphatic rings. The SMILES string of the molecule is NCC#Cc1ccc(Cl)c(NC(=O)c2ccsc2)c1. The van der Waals surface area contributed by atoms with Gasteiger partial charge in [-0.15, -0.1) is 0 Å². The maximum atomic E-state index is 11.9. The van der Waals surface area contributed by atoms with Crippen molar-refractivity contribution in [2.24, 2.45) is 5.73 Å². The molecule has 0 unspecified atom stereocenters. The molecule has 5 heteroatoms. The highest BCUT2D eigenvalue weighted by molar-refractivity contribution is 7.08. The van der Waals surface area contributed by atoms with Crippen LogP contribution in [-0.4, -0.2) is 12.5 Å². The van der Waals surface area contributed by atoms with Crippen molar-refractivity contribution in [1.82, 2.24) is 0 Å². The van der Waals surface area contributed by atoms with Gasteiger partial charge in [0.15, 0.2) is 0 Å². The maximum absolute atomic E-state index is 11.9. The standard InChI is InChI=1S/C14H11ClN2OS/c15-12-4-3-10(2-1-6-16)8-13(12)17-14(18)11-5-7-19-9-11/h3-5,7-9H,6,16H2,(H,17,18). The van der Waals surface area contributed by atoms with Gasteiger partial charge in [0.2, 0.25) is 0 Å². The lowest BCUT2D eigenvalue weighted by molar-refractivity contribution is 0.102. The minimum absolute atomic E-state index is 0.188. The van der Waals surface area contributed by atoms with E-state index in [-0.39, 0.29) is 5.91 Å². The molecule has 2 aromatic rings. The molecule has 1 heterocycles. The summed E-state index contributed by atoms with van der Waals surface area (Å²) in [6.45, 7) is 0.291. The summed E-state index contributed by atoms with van der Waals surface area (Å²) in [6, 6.07) is 6.97. The summed E-state index contributed by atoms with van der Waals surface area (Å²) < 4.78 is 0. The Morgan fingerprint density at radius 1 is 1.42 bits per heavy atom. The second kappa shape index (κ2) is 6.39. The Balaban J connectivity index is 2.22. The number of halogens is 1. The predicted octanol–water partition coefficient (Wildman–Crippen LogP) is 2.96. The molecule has 0 aliphatic carbocycles. The highest BCUT2D eigenvalue weighted by Gasteiger charge is 2.09. The summed E-state index contributed by atoms with van der Waals surface area (Å²) >= 11 is 7.52. The zero-order chi connectivity index (χ0) is 13.7. The second-order valence-electron chi connectivity index (χ2n) is 3.67. The van der Waals surface area contributed by atoms with Crippen molar-refractivity contribution in [1.29, 1.82) is 0 Å². The Morgan fingerprint density at radius 2 is 2.26 bits per heavy atom. The van der Waals surface area contributed by atoms with Crippen LogP contribution in [0.25, 0.3) is 0 Å². The van der Waals surface area contributed by atoms with Gasteiger partial charge in [-0.3, -0.25) is 4.79 Å². The normalized spacial score (nSPS) is 9.58. The Kier molecular flexibility index (Phi) is 4.58. The van der Waals surface area contributed by atoms with Crippen molar-refractivity contribution in [3.63, 3.8) is 0 Å². The van der Waals surface area contributed by atoms with Crippen molar-refractivity contribution < 1.29 is 4.79 Å². The van der Waals surface area contributed by atoms with Crippen LogP contribution < -0.4 is 11.1 Å². The van der Waals surface area contributed by atoms with Gasteiger partial charge in [0, 0.05) is 10.9 Å². The van der Waals surface area contributed by atoms with Gasteiger partial charge in [-0.2, -0.15) is 11.3 Å². The number of nitrogens with two attached hydrogens (primary N) is 1. The molecule has 0 aliphatic heterocycles. The van der Waals surface area contributed by atoms with Crippen LogP contribution in [0.5, 0.6) is 0 Å². The lowest BCUT2D eigenvalue weighted by Gasteiger charge is -2.06. The molecule has 0 bridgehead atoms. The van der Waals surface area contributed by atoms with Gasteiger partial charge >= 0.3 is 0 Å². The fourth-order valence-electron chi connectivity index (χ4n) is 1.44. The smallest absolute Gasteiger partial charge is 0.256 e. The minimum Gasteiger partial charge on any atom is -0.321 e. The lowest BCUT2D eigenvalue weighted by Crippen LogP contribution is -2.11. The summed E-state index contributed by atoms with van der Waals surface area (Å²) in [5.74, 6) is 5.46. The highest BCUT2D eigenvalue weighted by Crippen LogP contribution is 2.23. The van der Waals surface area contributed by atoms with E-state index in [1.165, 1.54) is 11.3 Å². The van der Waals surface area contributed by atoms with Crippen LogP contribution in [-0.2, 0) is 0 Å². The first kappa shape index (κ1) is 13.6. The first-order chi connectivity index (χ1) is 9.20. The molecule has 1 amide bonds. The molecule has 1 aromatic heterocycles. The lowest BCUT2D eigenvalue weighted by atomic mass is 10.2. The molecule has 0 saturated carbocycles. The van der Waals surface area contributed by atoms with E-state index >= 15 is 0 Å². The largest absolute Gasteiger partial charge is 0.321 e. The number of carbonyl (C=O) groups is 1. The van der Waals surface area contributed by atoms with Crippen LogP contribution in [0.15, 0.2) is 35.0 Å². The Morgan fingerprint density at radius 3 is 2.95 bits per heavy atom.